The summed E-state index contributed by atoms with van der Waals surface area (Å²) in [6, 6.07) is 9.10. The van der Waals surface area contributed by atoms with Crippen LogP contribution in [0.2, 0.25) is 0 Å². The average molecular weight is 707 g/mol. The van der Waals surface area contributed by atoms with Gasteiger partial charge in [-0.15, -0.1) is 0 Å². The van der Waals surface area contributed by atoms with Crippen LogP contribution in [-0.2, 0) is 4.74 Å². The molecule has 0 aliphatic carbocycles. The molecule has 2 aromatic heterocycles. The van der Waals surface area contributed by atoms with E-state index in [2.05, 4.69) is 19.9 Å². The predicted molar refractivity (Wildman–Crippen MR) is 173 cm³/mol. The SMILES string of the molecule is CC(C)(C)OC(=O)Nc1cc(F)c(F)c(C(=O)c2ccc3nccnc3c2)c1F.Nc1cc(F)c(F)c(C(=O)c2ccc3nccnc3c2)c1F. The summed E-state index contributed by atoms with van der Waals surface area (Å²) in [5.74, 6) is -11.0. The fourth-order valence-electron chi connectivity index (χ4n) is 4.63. The third kappa shape index (κ3) is 7.74. The topological polar surface area (TPSA) is 150 Å². The lowest BCUT2D eigenvalue weighted by Gasteiger charge is -2.20. The van der Waals surface area contributed by atoms with Crippen molar-refractivity contribution in [1.29, 1.82) is 0 Å². The minimum absolute atomic E-state index is 0.0456. The maximum absolute atomic E-state index is 14.8. The summed E-state index contributed by atoms with van der Waals surface area (Å²) in [4.78, 5) is 52.9. The van der Waals surface area contributed by atoms with Crippen LogP contribution in [-0.4, -0.2) is 43.2 Å². The molecule has 16 heteroatoms. The molecule has 0 aliphatic rings. The third-order valence-electron chi connectivity index (χ3n) is 6.89. The number of nitrogens with two attached hydrogens (primary N) is 1. The highest BCUT2D eigenvalue weighted by molar-refractivity contribution is 6.12. The molecule has 3 N–H and O–H groups in total. The molecule has 0 unspecified atom stereocenters. The summed E-state index contributed by atoms with van der Waals surface area (Å²) in [6.45, 7) is 4.73. The number of benzene rings is 4. The Morgan fingerprint density at radius 1 is 0.608 bits per heavy atom. The summed E-state index contributed by atoms with van der Waals surface area (Å²) >= 11 is 0. The zero-order valence-electron chi connectivity index (χ0n) is 26.7. The van der Waals surface area contributed by atoms with Gasteiger partial charge in [0.2, 0.25) is 0 Å². The minimum atomic E-state index is -1.67. The third-order valence-corrected chi connectivity index (χ3v) is 6.89. The minimum Gasteiger partial charge on any atom is -0.444 e. The van der Waals surface area contributed by atoms with E-state index in [4.69, 9.17) is 10.5 Å². The molecule has 10 nitrogen and oxygen atoms in total. The van der Waals surface area contributed by atoms with Crippen LogP contribution < -0.4 is 11.1 Å². The average Bonchev–Trinajstić information content (AvgIpc) is 3.09. The molecule has 0 aliphatic heterocycles. The van der Waals surface area contributed by atoms with Crippen LogP contribution in [0.15, 0.2) is 73.3 Å². The van der Waals surface area contributed by atoms with E-state index in [1.807, 2.05) is 5.32 Å². The molecule has 2 heterocycles. The highest BCUT2D eigenvalue weighted by atomic mass is 19.2. The number of nitrogens with one attached hydrogen (secondary N) is 1. The van der Waals surface area contributed by atoms with Gasteiger partial charge in [-0.05, 0) is 57.2 Å². The smallest absolute Gasteiger partial charge is 0.412 e. The number of ether oxygens (including phenoxy) is 1. The van der Waals surface area contributed by atoms with Crippen molar-refractivity contribution in [3.63, 3.8) is 0 Å². The Kier molecular flexibility index (Phi) is 9.97. The van der Waals surface area contributed by atoms with E-state index in [0.29, 0.717) is 34.2 Å². The molecular formula is C35H24F6N6O4. The zero-order chi connectivity index (χ0) is 37.2. The van der Waals surface area contributed by atoms with Gasteiger partial charge in [0.25, 0.3) is 0 Å². The largest absolute Gasteiger partial charge is 0.444 e. The van der Waals surface area contributed by atoms with E-state index in [1.54, 1.807) is 20.8 Å². The van der Waals surface area contributed by atoms with Gasteiger partial charge in [0.05, 0.1) is 44.6 Å². The molecule has 0 saturated heterocycles. The Morgan fingerprint density at radius 3 is 1.51 bits per heavy atom. The number of amides is 1. The van der Waals surface area contributed by atoms with Crippen molar-refractivity contribution in [2.75, 3.05) is 11.1 Å². The lowest BCUT2D eigenvalue weighted by Crippen LogP contribution is -2.28. The van der Waals surface area contributed by atoms with E-state index in [9.17, 15) is 40.7 Å². The molecule has 6 aromatic rings. The summed E-state index contributed by atoms with van der Waals surface area (Å²) in [5, 5.41) is 1.99. The quantitative estimate of drug-likeness (QED) is 0.0805. The molecule has 0 fully saturated rings. The Morgan fingerprint density at radius 2 is 1.04 bits per heavy atom. The van der Waals surface area contributed by atoms with Gasteiger partial charge in [0, 0.05) is 48.0 Å². The number of hydrogen-bond donors (Lipinski definition) is 2. The Labute approximate surface area is 284 Å². The van der Waals surface area contributed by atoms with E-state index < -0.39 is 80.7 Å². The highest BCUT2D eigenvalue weighted by Crippen LogP contribution is 2.28. The van der Waals surface area contributed by atoms with Gasteiger partial charge in [-0.2, -0.15) is 0 Å². The Balaban J connectivity index is 0.000000205. The van der Waals surface area contributed by atoms with Crippen LogP contribution in [0.4, 0.5) is 42.5 Å². The van der Waals surface area contributed by atoms with Gasteiger partial charge in [-0.3, -0.25) is 34.8 Å². The van der Waals surface area contributed by atoms with Crippen LogP contribution in [0.1, 0.15) is 52.6 Å². The van der Waals surface area contributed by atoms with Crippen molar-refractivity contribution in [2.45, 2.75) is 26.4 Å². The monoisotopic (exact) mass is 706 g/mol. The molecule has 1 amide bonds. The maximum Gasteiger partial charge on any atom is 0.412 e. The van der Waals surface area contributed by atoms with Crippen molar-refractivity contribution in [3.8, 4) is 0 Å². The van der Waals surface area contributed by atoms with Gasteiger partial charge in [-0.1, -0.05) is 0 Å². The van der Waals surface area contributed by atoms with Crippen molar-refractivity contribution < 1.29 is 45.5 Å². The van der Waals surface area contributed by atoms with Crippen molar-refractivity contribution >= 4 is 51.1 Å². The summed E-state index contributed by atoms with van der Waals surface area (Å²) in [7, 11) is 0. The Hall–Kier alpha value is -6.45. The van der Waals surface area contributed by atoms with E-state index in [0.717, 1.165) is 0 Å². The van der Waals surface area contributed by atoms with Crippen LogP contribution in [0, 0.1) is 34.9 Å². The van der Waals surface area contributed by atoms with Crippen LogP contribution in [0.5, 0.6) is 0 Å². The molecule has 0 radical (unpaired) electrons. The first-order chi connectivity index (χ1) is 24.1. The van der Waals surface area contributed by atoms with E-state index >= 15 is 0 Å². The number of fused-ring (bicyclic) bond motifs is 2. The molecular weight excluding hydrogens is 682 g/mol. The first-order valence-electron chi connectivity index (χ1n) is 14.7. The van der Waals surface area contributed by atoms with Crippen molar-refractivity contribution in [1.82, 2.24) is 19.9 Å². The molecule has 0 bridgehead atoms. The lowest BCUT2D eigenvalue weighted by molar-refractivity contribution is 0.0634. The van der Waals surface area contributed by atoms with Gasteiger partial charge < -0.3 is 10.5 Å². The number of carbonyl (C=O) groups is 3. The number of ketones is 2. The molecule has 260 valence electrons. The zero-order valence-corrected chi connectivity index (χ0v) is 26.7. The fraction of sp³-hybridized carbons (Fsp3) is 0.114. The lowest BCUT2D eigenvalue weighted by atomic mass is 10.0. The van der Waals surface area contributed by atoms with Gasteiger partial charge in [-0.25, -0.2) is 31.1 Å². The number of anilines is 2. The summed E-state index contributed by atoms with van der Waals surface area (Å²) in [6.07, 6.45) is 4.64. The first kappa shape index (κ1) is 35.8. The fourth-order valence-corrected chi connectivity index (χ4v) is 4.63. The molecule has 4 aromatic carbocycles. The van der Waals surface area contributed by atoms with Gasteiger partial charge in [0.1, 0.15) is 5.60 Å². The standard InChI is InChI=1S/C20H16F3N3O3.C15H8F3N3O/c1-20(2,3)29-19(28)26-14-9-11(21)16(22)15(17(14)23)18(27)10-4-5-12-13(8-10)25-7-6-24-12;16-8-6-9(19)14(18)12(13(8)17)15(22)7-1-2-10-11(5-7)21-4-3-20-10/h4-9H,1-3H3,(H,26,28);1-6H,19H2. The maximum atomic E-state index is 14.8. The second-order valence-corrected chi connectivity index (χ2v) is 11.7. The number of aromatic nitrogens is 4. The van der Waals surface area contributed by atoms with E-state index in [1.165, 1.54) is 61.2 Å². The molecule has 6 rings (SSSR count). The van der Waals surface area contributed by atoms with E-state index in [-0.39, 0.29) is 11.1 Å². The van der Waals surface area contributed by atoms with Gasteiger partial charge >= 0.3 is 6.09 Å². The predicted octanol–water partition coefficient (Wildman–Crippen LogP) is 7.49. The number of rotatable bonds is 5. The Bertz CT molecular complexity index is 2340. The highest BCUT2D eigenvalue weighted by Gasteiger charge is 2.28. The summed E-state index contributed by atoms with van der Waals surface area (Å²) in [5.41, 5.74) is 2.33. The van der Waals surface area contributed by atoms with Crippen LogP contribution in [0.25, 0.3) is 22.1 Å². The molecule has 0 atom stereocenters. The second kappa shape index (κ2) is 14.2. The number of nitrogens with zero attached hydrogens (tertiary/aromatic N) is 4. The van der Waals surface area contributed by atoms with Crippen LogP contribution >= 0.6 is 0 Å². The number of hydrogen-bond acceptors (Lipinski definition) is 9. The van der Waals surface area contributed by atoms with Crippen molar-refractivity contribution in [3.05, 3.63) is 130 Å². The van der Waals surface area contributed by atoms with Gasteiger partial charge in [0.15, 0.2) is 46.5 Å². The van der Waals surface area contributed by atoms with Crippen LogP contribution in [0.3, 0.4) is 0 Å². The normalized spacial score (nSPS) is 11.2. The number of halogens is 6. The first-order valence-corrected chi connectivity index (χ1v) is 14.7. The molecule has 0 saturated carbocycles. The molecule has 0 spiro atoms. The van der Waals surface area contributed by atoms with Crippen molar-refractivity contribution in [2.24, 2.45) is 0 Å². The second-order valence-electron chi connectivity index (χ2n) is 11.7. The molecule has 51 heavy (non-hydrogen) atoms. The summed E-state index contributed by atoms with van der Waals surface area (Å²) < 4.78 is 89.2. The number of nitrogen functional groups attached to an aromatic ring is 1. The number of carbonyl (C=O) groups excluding carboxylic acids is 3.